The van der Waals surface area contributed by atoms with Gasteiger partial charge in [0.15, 0.2) is 0 Å². The van der Waals surface area contributed by atoms with Gasteiger partial charge >= 0.3 is 37.7 Å². The molecule has 1 aromatic rings. The third kappa shape index (κ3) is 2.08. The minimum absolute atomic E-state index is 0. The topological polar surface area (TPSA) is 25.8 Å². The Morgan fingerprint density at radius 2 is 2.33 bits per heavy atom. The Bertz CT molecular complexity index is 68.0. The van der Waals surface area contributed by atoms with Gasteiger partial charge in [-0.3, -0.25) is 0 Å². The molecule has 0 radical (unpaired) electrons. The molecule has 0 unspecified atom stereocenters. The van der Waals surface area contributed by atoms with Crippen molar-refractivity contribution in [3.63, 3.8) is 0 Å². The summed E-state index contributed by atoms with van der Waals surface area (Å²) < 4.78 is 3.51. The Morgan fingerprint density at radius 3 is 2.50 bits per heavy atom. The molecular formula is C2H4CaN2S. The maximum atomic E-state index is 3.51. The fourth-order valence-corrected chi connectivity index (χ4v) is 0.408. The first-order valence-electron chi connectivity index (χ1n) is 1.21. The maximum Gasteiger partial charge on any atom is 0.0620 e. The van der Waals surface area contributed by atoms with Gasteiger partial charge < -0.3 is 0 Å². The van der Waals surface area contributed by atoms with Crippen molar-refractivity contribution < 1.29 is 0 Å². The summed E-state index contributed by atoms with van der Waals surface area (Å²) in [6.07, 6.45) is 1.66. The molecular weight excluding hydrogens is 124 g/mol. The molecule has 0 aromatic carbocycles. The molecule has 0 atom stereocenters. The van der Waals surface area contributed by atoms with Gasteiger partial charge in [-0.05, 0) is 11.5 Å². The van der Waals surface area contributed by atoms with Crippen molar-refractivity contribution in [2.45, 2.75) is 0 Å². The molecule has 0 bridgehead atoms. The van der Waals surface area contributed by atoms with Crippen molar-refractivity contribution in [2.75, 3.05) is 0 Å². The monoisotopic (exact) mass is 128 g/mol. The van der Waals surface area contributed by atoms with Crippen molar-refractivity contribution in [1.82, 2.24) is 9.59 Å². The molecule has 0 aliphatic heterocycles. The van der Waals surface area contributed by atoms with Crippen LogP contribution in [0.5, 0.6) is 0 Å². The van der Waals surface area contributed by atoms with Crippen molar-refractivity contribution >= 4 is 49.3 Å². The van der Waals surface area contributed by atoms with E-state index in [-0.39, 0.29) is 37.7 Å². The second-order valence-corrected chi connectivity index (χ2v) is 1.23. The van der Waals surface area contributed by atoms with Crippen LogP contribution >= 0.6 is 11.5 Å². The zero-order valence-corrected chi connectivity index (χ0v) is 3.27. The van der Waals surface area contributed by atoms with E-state index in [0.29, 0.717) is 0 Å². The van der Waals surface area contributed by atoms with Gasteiger partial charge in [0.05, 0.1) is 6.20 Å². The van der Waals surface area contributed by atoms with Gasteiger partial charge in [-0.2, -0.15) is 0 Å². The van der Waals surface area contributed by atoms with E-state index in [1.54, 1.807) is 6.20 Å². The first-order chi connectivity index (χ1) is 2.50. The van der Waals surface area contributed by atoms with Gasteiger partial charge in [-0.25, -0.2) is 0 Å². The Kier molecular flexibility index (Phi) is 4.54. The number of nitrogens with zero attached hydrogens (tertiary/aromatic N) is 2. The molecule has 4 heteroatoms. The first kappa shape index (κ1) is 6.82. The summed E-state index contributed by atoms with van der Waals surface area (Å²) in [6, 6.07) is 0. The molecule has 1 rings (SSSR count). The molecule has 0 fully saturated rings. The van der Waals surface area contributed by atoms with Gasteiger partial charge in [0.25, 0.3) is 0 Å². The number of hydrogen-bond acceptors (Lipinski definition) is 3. The van der Waals surface area contributed by atoms with Crippen LogP contribution in [-0.4, -0.2) is 47.3 Å². The summed E-state index contributed by atoms with van der Waals surface area (Å²) in [4.78, 5) is 0. The van der Waals surface area contributed by atoms with Crippen LogP contribution in [0.4, 0.5) is 0 Å². The summed E-state index contributed by atoms with van der Waals surface area (Å²) in [5, 5.41) is 5.31. The third-order valence-electron chi connectivity index (χ3n) is 0.283. The van der Waals surface area contributed by atoms with Crippen LogP contribution in [0.2, 0.25) is 0 Å². The molecule has 30 valence electrons. The standard InChI is InChI=1S/C2H2N2S.Ca.2H/c1-2-5-4-3-1;;;/h1-2H;;;. The van der Waals surface area contributed by atoms with Crippen molar-refractivity contribution in [3.8, 4) is 0 Å². The average Bonchev–Trinajstić information content (AvgIpc) is 1.76. The number of hydrogen-bond donors (Lipinski definition) is 0. The smallest absolute Gasteiger partial charge is 0.0620 e. The third-order valence-corrected chi connectivity index (χ3v) is 0.715. The normalized spacial score (nSPS) is 6.67. The minimum Gasteiger partial charge on any atom is -0.147 e. The van der Waals surface area contributed by atoms with Crippen molar-refractivity contribution in [3.05, 3.63) is 11.6 Å². The van der Waals surface area contributed by atoms with Crippen LogP contribution in [0, 0.1) is 0 Å². The van der Waals surface area contributed by atoms with Gasteiger partial charge in [0.1, 0.15) is 0 Å². The first-order valence-corrected chi connectivity index (χ1v) is 2.05. The van der Waals surface area contributed by atoms with Crippen LogP contribution in [0.1, 0.15) is 0 Å². The molecule has 0 aliphatic rings. The second kappa shape index (κ2) is 3.99. The van der Waals surface area contributed by atoms with Gasteiger partial charge in [-0.15, -0.1) is 5.10 Å². The summed E-state index contributed by atoms with van der Waals surface area (Å²) in [5.74, 6) is 0. The largest absolute Gasteiger partial charge is 0.147 e. The Balaban J connectivity index is 0.000000250. The Morgan fingerprint density at radius 1 is 1.50 bits per heavy atom. The summed E-state index contributed by atoms with van der Waals surface area (Å²) in [5.41, 5.74) is 0. The second-order valence-electron chi connectivity index (χ2n) is 0.588. The minimum atomic E-state index is 0. The van der Waals surface area contributed by atoms with E-state index in [2.05, 4.69) is 9.59 Å². The van der Waals surface area contributed by atoms with Gasteiger partial charge in [-0.1, -0.05) is 4.49 Å². The number of rotatable bonds is 0. The fraction of sp³-hybridized carbons (Fsp3) is 0. The Labute approximate surface area is 69.7 Å². The molecule has 0 saturated heterocycles. The van der Waals surface area contributed by atoms with Crippen LogP contribution in [0.3, 0.4) is 0 Å². The van der Waals surface area contributed by atoms with Crippen LogP contribution < -0.4 is 0 Å². The summed E-state index contributed by atoms with van der Waals surface area (Å²) in [7, 11) is 0. The van der Waals surface area contributed by atoms with Crippen LogP contribution in [-0.2, 0) is 0 Å². The van der Waals surface area contributed by atoms with E-state index in [4.69, 9.17) is 0 Å². The van der Waals surface area contributed by atoms with Crippen LogP contribution in [0.15, 0.2) is 11.6 Å². The van der Waals surface area contributed by atoms with Gasteiger partial charge in [0, 0.05) is 5.38 Å². The molecule has 2 nitrogen and oxygen atoms in total. The molecule has 1 aromatic heterocycles. The van der Waals surface area contributed by atoms with Gasteiger partial charge in [0.2, 0.25) is 0 Å². The molecule has 0 amide bonds. The molecule has 0 spiro atoms. The zero-order valence-electron chi connectivity index (χ0n) is 2.46. The van der Waals surface area contributed by atoms with E-state index in [9.17, 15) is 0 Å². The number of aromatic nitrogens is 2. The molecule has 0 N–H and O–H groups in total. The van der Waals surface area contributed by atoms with E-state index >= 15 is 0 Å². The van der Waals surface area contributed by atoms with E-state index in [0.717, 1.165) is 0 Å². The van der Waals surface area contributed by atoms with E-state index in [1.807, 2.05) is 5.38 Å². The average molecular weight is 128 g/mol. The Hall–Kier alpha value is 0.820. The molecule has 1 heterocycles. The van der Waals surface area contributed by atoms with E-state index < -0.39 is 0 Å². The maximum absolute atomic E-state index is 3.51. The summed E-state index contributed by atoms with van der Waals surface area (Å²) in [6.45, 7) is 0. The van der Waals surface area contributed by atoms with Crippen molar-refractivity contribution in [2.24, 2.45) is 0 Å². The predicted molar refractivity (Wildman–Crippen MR) is 28.5 cm³/mol. The molecule has 6 heavy (non-hydrogen) atoms. The zero-order chi connectivity index (χ0) is 3.54. The quantitative estimate of drug-likeness (QED) is 0.445. The molecule has 0 saturated carbocycles. The summed E-state index contributed by atoms with van der Waals surface area (Å²) >= 11 is 1.35. The SMILES string of the molecule is [CaH2].c1csnn1. The van der Waals surface area contributed by atoms with Crippen LogP contribution in [0.25, 0.3) is 0 Å². The fourth-order valence-electron chi connectivity index (χ4n) is 0.136. The predicted octanol–water partition coefficient (Wildman–Crippen LogP) is -0.378. The van der Waals surface area contributed by atoms with Crippen molar-refractivity contribution in [1.29, 1.82) is 0 Å². The van der Waals surface area contributed by atoms with E-state index in [1.165, 1.54) is 11.5 Å². The molecule has 0 aliphatic carbocycles.